The van der Waals surface area contributed by atoms with Crippen LogP contribution >= 0.6 is 11.6 Å². The van der Waals surface area contributed by atoms with Crippen molar-refractivity contribution < 1.29 is 22.8 Å². The van der Waals surface area contributed by atoms with E-state index in [2.05, 4.69) is 10.3 Å². The van der Waals surface area contributed by atoms with Crippen molar-refractivity contribution in [3.63, 3.8) is 0 Å². The average Bonchev–Trinajstić information content (AvgIpc) is 2.74. The van der Waals surface area contributed by atoms with E-state index in [1.807, 2.05) is 0 Å². The first-order valence-corrected chi connectivity index (χ1v) is 10.1. The van der Waals surface area contributed by atoms with Crippen LogP contribution in [0.1, 0.15) is 38.8 Å². The van der Waals surface area contributed by atoms with Crippen molar-refractivity contribution in [3.05, 3.63) is 100 Å². The van der Waals surface area contributed by atoms with Crippen LogP contribution in [0.5, 0.6) is 0 Å². The predicted molar refractivity (Wildman–Crippen MR) is 114 cm³/mol. The summed E-state index contributed by atoms with van der Waals surface area (Å²) in [6.45, 7) is 0. The molecule has 2 amide bonds. The summed E-state index contributed by atoms with van der Waals surface area (Å²) in [5.41, 5.74) is 6.99. The molecule has 9 heteroatoms. The van der Waals surface area contributed by atoms with Gasteiger partial charge in [0, 0.05) is 12.3 Å². The Kier molecular flexibility index (Phi) is 7.48. The van der Waals surface area contributed by atoms with Crippen LogP contribution in [0.15, 0.2) is 54.7 Å². The van der Waals surface area contributed by atoms with Crippen LogP contribution in [0.4, 0.5) is 13.2 Å². The molecule has 1 aromatic heterocycles. The van der Waals surface area contributed by atoms with Crippen molar-refractivity contribution in [2.24, 2.45) is 5.73 Å². The van der Waals surface area contributed by atoms with Crippen LogP contribution in [-0.2, 0) is 17.6 Å². The number of benzene rings is 2. The number of rotatable bonds is 8. The molecule has 0 aliphatic heterocycles. The van der Waals surface area contributed by atoms with Gasteiger partial charge in [-0.15, -0.1) is 11.6 Å². The molecule has 3 aromatic rings. The van der Waals surface area contributed by atoms with E-state index in [1.165, 1.54) is 30.5 Å². The number of carbonyl (C=O) groups is 2. The van der Waals surface area contributed by atoms with E-state index in [-0.39, 0.29) is 24.3 Å². The minimum atomic E-state index is -0.892. The Labute approximate surface area is 187 Å². The summed E-state index contributed by atoms with van der Waals surface area (Å²) >= 11 is 5.64. The van der Waals surface area contributed by atoms with Crippen LogP contribution in [-0.4, -0.2) is 22.7 Å². The molecule has 0 spiro atoms. The minimum Gasteiger partial charge on any atom is -0.366 e. The molecule has 3 N–H and O–H groups in total. The van der Waals surface area contributed by atoms with Crippen molar-refractivity contribution in [1.82, 2.24) is 10.3 Å². The fourth-order valence-electron chi connectivity index (χ4n) is 3.42. The number of halogens is 4. The molecule has 0 saturated heterocycles. The second kappa shape index (κ2) is 10.3. The highest BCUT2D eigenvalue weighted by Crippen LogP contribution is 2.24. The van der Waals surface area contributed by atoms with Crippen molar-refractivity contribution in [2.75, 3.05) is 5.88 Å². The number of nitrogens with one attached hydrogen (secondary N) is 1. The van der Waals surface area contributed by atoms with Gasteiger partial charge in [0.05, 0.1) is 17.3 Å². The number of hydrogen-bond donors (Lipinski definition) is 2. The molecule has 5 nitrogen and oxygen atoms in total. The molecule has 0 aliphatic rings. The summed E-state index contributed by atoms with van der Waals surface area (Å²) in [5, 5.41) is 2.72. The third kappa shape index (κ3) is 5.85. The number of alkyl halides is 1. The molecule has 2 aromatic carbocycles. The van der Waals surface area contributed by atoms with Gasteiger partial charge in [-0.1, -0.05) is 12.1 Å². The van der Waals surface area contributed by atoms with Gasteiger partial charge >= 0.3 is 0 Å². The summed E-state index contributed by atoms with van der Waals surface area (Å²) in [5.74, 6) is -3.90. The number of primary amides is 1. The normalized spacial score (nSPS) is 11.8. The Morgan fingerprint density at radius 1 is 1.03 bits per heavy atom. The Morgan fingerprint density at radius 3 is 2.41 bits per heavy atom. The van der Waals surface area contributed by atoms with E-state index in [1.54, 1.807) is 12.1 Å². The van der Waals surface area contributed by atoms with Crippen LogP contribution < -0.4 is 11.1 Å². The van der Waals surface area contributed by atoms with Crippen molar-refractivity contribution in [2.45, 2.75) is 18.9 Å². The zero-order valence-corrected chi connectivity index (χ0v) is 17.5. The fraction of sp³-hybridized carbons (Fsp3) is 0.174. The highest BCUT2D eigenvalue weighted by atomic mass is 35.5. The SMILES string of the molecule is NC(=O)c1cc(Cc2cccnc2C(Cc2cc(F)cc(F)c2)NC(=O)CCl)ccc1F. The predicted octanol–water partition coefficient (Wildman–Crippen LogP) is 3.83. The Balaban J connectivity index is 1.98. The maximum absolute atomic E-state index is 13.8. The lowest BCUT2D eigenvalue weighted by Crippen LogP contribution is -2.32. The molecular formula is C23H19ClF3N3O2. The average molecular weight is 462 g/mol. The largest absolute Gasteiger partial charge is 0.366 e. The van der Waals surface area contributed by atoms with Gasteiger partial charge < -0.3 is 11.1 Å². The number of carbonyl (C=O) groups excluding carboxylic acids is 2. The third-order valence-corrected chi connectivity index (χ3v) is 5.01. The quantitative estimate of drug-likeness (QED) is 0.500. The maximum Gasteiger partial charge on any atom is 0.251 e. The summed E-state index contributed by atoms with van der Waals surface area (Å²) < 4.78 is 41.2. The zero-order valence-electron chi connectivity index (χ0n) is 16.7. The first-order chi connectivity index (χ1) is 15.3. The third-order valence-electron chi connectivity index (χ3n) is 4.77. The molecule has 0 saturated carbocycles. The van der Waals surface area contributed by atoms with Gasteiger partial charge in [0.2, 0.25) is 5.91 Å². The Hall–Kier alpha value is -3.39. The van der Waals surface area contributed by atoms with Crippen LogP contribution in [0.25, 0.3) is 0 Å². The molecule has 1 heterocycles. The van der Waals surface area contributed by atoms with Gasteiger partial charge in [-0.25, -0.2) is 13.2 Å². The van der Waals surface area contributed by atoms with Crippen LogP contribution in [0.3, 0.4) is 0 Å². The van der Waals surface area contributed by atoms with Crippen molar-refractivity contribution in [3.8, 4) is 0 Å². The number of hydrogen-bond acceptors (Lipinski definition) is 3. The van der Waals surface area contributed by atoms with Gasteiger partial charge in [0.25, 0.3) is 5.91 Å². The first kappa shape index (κ1) is 23.3. The van der Waals surface area contributed by atoms with E-state index in [9.17, 15) is 22.8 Å². The Bertz CT molecular complexity index is 1140. The zero-order chi connectivity index (χ0) is 23.3. The molecule has 1 atom stereocenters. The number of amides is 2. The first-order valence-electron chi connectivity index (χ1n) is 9.59. The van der Waals surface area contributed by atoms with Gasteiger partial charge in [0.1, 0.15) is 23.3 Å². The van der Waals surface area contributed by atoms with E-state index in [0.29, 0.717) is 22.4 Å². The molecule has 166 valence electrons. The van der Waals surface area contributed by atoms with E-state index >= 15 is 0 Å². The molecule has 0 radical (unpaired) electrons. The lowest BCUT2D eigenvalue weighted by Gasteiger charge is -2.21. The molecule has 0 bridgehead atoms. The summed E-state index contributed by atoms with van der Waals surface area (Å²) in [6.07, 6.45) is 1.82. The van der Waals surface area contributed by atoms with Gasteiger partial charge in [-0.3, -0.25) is 14.6 Å². The summed E-state index contributed by atoms with van der Waals surface area (Å²) in [6, 6.07) is 9.79. The Morgan fingerprint density at radius 2 is 1.75 bits per heavy atom. The van der Waals surface area contributed by atoms with Gasteiger partial charge in [-0.2, -0.15) is 0 Å². The van der Waals surface area contributed by atoms with Gasteiger partial charge in [0.15, 0.2) is 0 Å². The lowest BCUT2D eigenvalue weighted by atomic mass is 9.95. The molecule has 1 unspecified atom stereocenters. The number of nitrogens with two attached hydrogens (primary N) is 1. The monoisotopic (exact) mass is 461 g/mol. The molecule has 0 fully saturated rings. The number of nitrogens with zero attached hydrogens (tertiary/aromatic N) is 1. The molecule has 32 heavy (non-hydrogen) atoms. The molecule has 3 rings (SSSR count). The number of aromatic nitrogens is 1. The lowest BCUT2D eigenvalue weighted by molar-refractivity contribution is -0.119. The van der Waals surface area contributed by atoms with E-state index in [4.69, 9.17) is 17.3 Å². The topological polar surface area (TPSA) is 85.1 Å². The highest BCUT2D eigenvalue weighted by molar-refractivity contribution is 6.27. The minimum absolute atomic E-state index is 0.0529. The molecular weight excluding hydrogens is 443 g/mol. The van der Waals surface area contributed by atoms with Gasteiger partial charge in [-0.05, 0) is 59.9 Å². The summed E-state index contributed by atoms with van der Waals surface area (Å²) in [7, 11) is 0. The fourth-order valence-corrected chi connectivity index (χ4v) is 3.50. The maximum atomic E-state index is 13.8. The van der Waals surface area contributed by atoms with Crippen LogP contribution in [0.2, 0.25) is 0 Å². The van der Waals surface area contributed by atoms with Crippen LogP contribution in [0, 0.1) is 17.5 Å². The molecule has 0 aliphatic carbocycles. The van der Waals surface area contributed by atoms with E-state index < -0.39 is 35.3 Å². The summed E-state index contributed by atoms with van der Waals surface area (Å²) in [4.78, 5) is 27.9. The van der Waals surface area contributed by atoms with E-state index in [0.717, 1.165) is 12.1 Å². The second-order valence-electron chi connectivity index (χ2n) is 7.14. The second-order valence-corrected chi connectivity index (χ2v) is 7.41. The van der Waals surface area contributed by atoms with Crippen molar-refractivity contribution >= 4 is 23.4 Å². The number of pyridine rings is 1. The standard InChI is InChI=1S/C23H19ClF3N3O2/c24-12-21(31)30-20(10-14-7-16(25)11-17(26)8-14)22-15(2-1-5-29-22)6-13-3-4-19(27)18(9-13)23(28)32/h1-5,7-9,11,20H,6,10,12H2,(H2,28,32)(H,30,31). The smallest absolute Gasteiger partial charge is 0.251 e. The highest BCUT2D eigenvalue weighted by Gasteiger charge is 2.21. The van der Waals surface area contributed by atoms with Crippen molar-refractivity contribution in [1.29, 1.82) is 0 Å².